The van der Waals surface area contributed by atoms with Gasteiger partial charge in [-0.2, -0.15) is 5.10 Å². The summed E-state index contributed by atoms with van der Waals surface area (Å²) in [4.78, 5) is 6.79. The summed E-state index contributed by atoms with van der Waals surface area (Å²) in [6, 6.07) is 6.00. The van der Waals surface area contributed by atoms with Crippen molar-refractivity contribution < 1.29 is 4.74 Å². The van der Waals surface area contributed by atoms with Crippen molar-refractivity contribution >= 4 is 44.1 Å². The lowest BCUT2D eigenvalue weighted by atomic mass is 10.1. The molecule has 0 amide bonds. The van der Waals surface area contributed by atoms with Crippen molar-refractivity contribution in [3.63, 3.8) is 0 Å². The van der Waals surface area contributed by atoms with Crippen LogP contribution in [-0.4, -0.2) is 40.6 Å². The van der Waals surface area contributed by atoms with E-state index in [1.807, 2.05) is 42.3 Å². The van der Waals surface area contributed by atoms with Gasteiger partial charge in [0.25, 0.3) is 0 Å². The molecule has 1 atom stereocenters. The standard InChI is InChI=1S/C18H18BrClN4O/c1-12-8-22-24(9-12)11-14-10-23(4-5-25-14)17-2-3-21-18-15(17)6-13(19)7-16(18)20/h2-3,6-9,14H,4-5,10-11H2,1H3. The number of rotatable bonds is 3. The number of ether oxygens (including phenoxy) is 1. The third-order valence-electron chi connectivity index (χ3n) is 4.37. The lowest BCUT2D eigenvalue weighted by Crippen LogP contribution is -2.44. The number of fused-ring (bicyclic) bond motifs is 1. The highest BCUT2D eigenvalue weighted by Crippen LogP contribution is 2.33. The van der Waals surface area contributed by atoms with Crippen molar-refractivity contribution in [3.05, 3.63) is 51.8 Å². The quantitative estimate of drug-likeness (QED) is 0.639. The summed E-state index contributed by atoms with van der Waals surface area (Å²) in [5.41, 5.74) is 3.12. The number of hydrogen-bond donors (Lipinski definition) is 0. The van der Waals surface area contributed by atoms with Crippen LogP contribution in [0.25, 0.3) is 10.9 Å². The highest BCUT2D eigenvalue weighted by atomic mass is 79.9. The van der Waals surface area contributed by atoms with Gasteiger partial charge < -0.3 is 9.64 Å². The zero-order chi connectivity index (χ0) is 17.4. The van der Waals surface area contributed by atoms with E-state index in [-0.39, 0.29) is 6.10 Å². The molecule has 0 aliphatic carbocycles. The lowest BCUT2D eigenvalue weighted by molar-refractivity contribution is 0.0275. The first-order chi connectivity index (χ1) is 12.1. The lowest BCUT2D eigenvalue weighted by Gasteiger charge is -2.35. The molecule has 3 aromatic rings. The third kappa shape index (κ3) is 3.52. The fraction of sp³-hybridized carbons (Fsp3) is 0.333. The van der Waals surface area contributed by atoms with Crippen molar-refractivity contribution in [2.24, 2.45) is 0 Å². The third-order valence-corrected chi connectivity index (χ3v) is 5.12. The molecule has 0 spiro atoms. The van der Waals surface area contributed by atoms with Crippen LogP contribution in [0.2, 0.25) is 5.02 Å². The van der Waals surface area contributed by atoms with Crippen molar-refractivity contribution in [2.45, 2.75) is 19.6 Å². The van der Waals surface area contributed by atoms with Crippen LogP contribution in [-0.2, 0) is 11.3 Å². The molecule has 5 nitrogen and oxygen atoms in total. The molecule has 2 aromatic heterocycles. The molecule has 7 heteroatoms. The van der Waals surface area contributed by atoms with E-state index in [1.165, 1.54) is 0 Å². The minimum Gasteiger partial charge on any atom is -0.373 e. The second-order valence-corrected chi connectivity index (χ2v) is 7.62. The van der Waals surface area contributed by atoms with Gasteiger partial charge in [0.05, 0.1) is 36.0 Å². The van der Waals surface area contributed by atoms with Crippen LogP contribution in [0.15, 0.2) is 41.3 Å². The summed E-state index contributed by atoms with van der Waals surface area (Å²) in [5, 5.41) is 6.07. The van der Waals surface area contributed by atoms with Crippen LogP contribution in [0.3, 0.4) is 0 Å². The second-order valence-electron chi connectivity index (χ2n) is 6.29. The number of nitrogens with zero attached hydrogens (tertiary/aromatic N) is 4. The molecular weight excluding hydrogens is 404 g/mol. The van der Waals surface area contributed by atoms with Crippen LogP contribution < -0.4 is 4.90 Å². The van der Waals surface area contributed by atoms with Gasteiger partial charge in [0.15, 0.2) is 0 Å². The Morgan fingerprint density at radius 2 is 2.28 bits per heavy atom. The Labute approximate surface area is 159 Å². The first-order valence-corrected chi connectivity index (χ1v) is 9.36. The zero-order valence-corrected chi connectivity index (χ0v) is 16.2. The van der Waals surface area contributed by atoms with Gasteiger partial charge in [-0.1, -0.05) is 27.5 Å². The van der Waals surface area contributed by atoms with Gasteiger partial charge in [-0.3, -0.25) is 9.67 Å². The van der Waals surface area contributed by atoms with Gasteiger partial charge in [0, 0.05) is 41.0 Å². The first-order valence-electron chi connectivity index (χ1n) is 8.19. The van der Waals surface area contributed by atoms with Crippen molar-refractivity contribution in [1.82, 2.24) is 14.8 Å². The summed E-state index contributed by atoms with van der Waals surface area (Å²) in [7, 11) is 0. The van der Waals surface area contributed by atoms with E-state index in [4.69, 9.17) is 16.3 Å². The fourth-order valence-electron chi connectivity index (χ4n) is 3.26. The van der Waals surface area contributed by atoms with Crippen LogP contribution >= 0.6 is 27.5 Å². The normalized spacial score (nSPS) is 18.0. The number of hydrogen-bond acceptors (Lipinski definition) is 4. The summed E-state index contributed by atoms with van der Waals surface area (Å²) in [6.07, 6.45) is 5.83. The second kappa shape index (κ2) is 6.94. The number of benzene rings is 1. The topological polar surface area (TPSA) is 43.2 Å². The summed E-state index contributed by atoms with van der Waals surface area (Å²) in [5.74, 6) is 0. The molecular formula is C18H18BrClN4O. The molecule has 0 N–H and O–H groups in total. The van der Waals surface area contributed by atoms with E-state index in [0.29, 0.717) is 11.6 Å². The average Bonchev–Trinajstić information content (AvgIpc) is 2.99. The molecule has 1 unspecified atom stereocenters. The van der Waals surface area contributed by atoms with Gasteiger partial charge in [-0.25, -0.2) is 0 Å². The van der Waals surface area contributed by atoms with Gasteiger partial charge in [-0.15, -0.1) is 0 Å². The monoisotopic (exact) mass is 420 g/mol. The molecule has 1 saturated heterocycles. The Bertz CT molecular complexity index is 913. The van der Waals surface area contributed by atoms with Crippen LogP contribution in [0.1, 0.15) is 5.56 Å². The molecule has 1 aliphatic heterocycles. The van der Waals surface area contributed by atoms with Gasteiger partial charge >= 0.3 is 0 Å². The highest BCUT2D eigenvalue weighted by Gasteiger charge is 2.23. The molecule has 130 valence electrons. The summed E-state index contributed by atoms with van der Waals surface area (Å²) in [6.45, 7) is 5.14. The zero-order valence-electron chi connectivity index (χ0n) is 13.8. The number of anilines is 1. The number of pyridine rings is 1. The largest absolute Gasteiger partial charge is 0.373 e. The Balaban J connectivity index is 1.62. The van der Waals surface area contributed by atoms with E-state index >= 15 is 0 Å². The SMILES string of the molecule is Cc1cnn(CC2CN(c3ccnc4c(Cl)cc(Br)cc34)CCO2)c1. The Morgan fingerprint density at radius 3 is 3.08 bits per heavy atom. The van der Waals surface area contributed by atoms with Crippen LogP contribution in [0, 0.1) is 6.92 Å². The molecule has 1 fully saturated rings. The number of aryl methyl sites for hydroxylation is 1. The van der Waals surface area contributed by atoms with Crippen LogP contribution in [0.4, 0.5) is 5.69 Å². The molecule has 25 heavy (non-hydrogen) atoms. The Morgan fingerprint density at radius 1 is 1.40 bits per heavy atom. The molecule has 3 heterocycles. The van der Waals surface area contributed by atoms with E-state index in [0.717, 1.165) is 46.3 Å². The molecule has 1 aliphatic rings. The van der Waals surface area contributed by atoms with Crippen molar-refractivity contribution in [3.8, 4) is 0 Å². The van der Waals surface area contributed by atoms with Gasteiger partial charge in [0.2, 0.25) is 0 Å². The molecule has 0 saturated carbocycles. The summed E-state index contributed by atoms with van der Waals surface area (Å²) >= 11 is 9.90. The number of halogens is 2. The molecule has 0 bridgehead atoms. The fourth-order valence-corrected chi connectivity index (χ4v) is 4.12. The van der Waals surface area contributed by atoms with Gasteiger partial charge in [0.1, 0.15) is 0 Å². The smallest absolute Gasteiger partial charge is 0.0946 e. The molecule has 4 rings (SSSR count). The van der Waals surface area contributed by atoms with E-state index in [9.17, 15) is 0 Å². The van der Waals surface area contributed by atoms with E-state index < -0.39 is 0 Å². The van der Waals surface area contributed by atoms with Crippen molar-refractivity contribution in [1.29, 1.82) is 0 Å². The van der Waals surface area contributed by atoms with Crippen molar-refractivity contribution in [2.75, 3.05) is 24.6 Å². The maximum absolute atomic E-state index is 6.36. The molecule has 0 radical (unpaired) electrons. The van der Waals surface area contributed by atoms with E-state index in [1.54, 1.807) is 0 Å². The number of morpholine rings is 1. The highest BCUT2D eigenvalue weighted by molar-refractivity contribution is 9.10. The minimum absolute atomic E-state index is 0.0962. The first kappa shape index (κ1) is 16.8. The van der Waals surface area contributed by atoms with Gasteiger partial charge in [-0.05, 0) is 30.7 Å². The predicted molar refractivity (Wildman–Crippen MR) is 103 cm³/mol. The summed E-state index contributed by atoms with van der Waals surface area (Å²) < 4.78 is 8.85. The molecule has 1 aromatic carbocycles. The maximum Gasteiger partial charge on any atom is 0.0946 e. The van der Waals surface area contributed by atoms with Crippen LogP contribution in [0.5, 0.6) is 0 Å². The Hall–Kier alpha value is -1.63. The number of aromatic nitrogens is 3. The maximum atomic E-state index is 6.36. The average molecular weight is 422 g/mol. The van der Waals surface area contributed by atoms with E-state index in [2.05, 4.69) is 37.0 Å². The Kier molecular flexibility index (Phi) is 4.67. The predicted octanol–water partition coefficient (Wildman–Crippen LogP) is 4.06. The minimum atomic E-state index is 0.0962.